The summed E-state index contributed by atoms with van der Waals surface area (Å²) in [5, 5.41) is 0. The number of allylic oxidation sites excluding steroid dienone is 4. The molecular weight excluding hydrogens is 156 g/mol. The van der Waals surface area contributed by atoms with Crippen molar-refractivity contribution in [2.45, 2.75) is 46.5 Å². The van der Waals surface area contributed by atoms with Crippen LogP contribution in [0.1, 0.15) is 46.5 Å². The van der Waals surface area contributed by atoms with Gasteiger partial charge in [-0.25, -0.2) is 0 Å². The molecule has 13 heavy (non-hydrogen) atoms. The van der Waals surface area contributed by atoms with Gasteiger partial charge in [0.2, 0.25) is 0 Å². The van der Waals surface area contributed by atoms with Crippen LogP contribution in [0, 0.1) is 13.3 Å². The minimum Gasteiger partial charge on any atom is -0.0882 e. The van der Waals surface area contributed by atoms with E-state index < -0.39 is 0 Å². The number of unbranched alkanes of at least 4 members (excludes halogenated alkanes) is 1. The number of hydrogen-bond donors (Lipinski definition) is 0. The molecule has 0 N–H and O–H groups in total. The molecule has 76 valence electrons. The first-order chi connectivity index (χ1) is 6.33. The summed E-state index contributed by atoms with van der Waals surface area (Å²) in [6.45, 7) is 9.90. The molecule has 0 aliphatic carbocycles. The topological polar surface area (TPSA) is 0 Å². The molecule has 2 radical (unpaired) electrons. The molecular formula is C13H24. The van der Waals surface area contributed by atoms with Gasteiger partial charge in [0.1, 0.15) is 0 Å². The van der Waals surface area contributed by atoms with Crippen molar-refractivity contribution in [1.82, 2.24) is 0 Å². The molecule has 0 spiro atoms. The maximum atomic E-state index is 3.71. The fraction of sp³-hybridized carbons (Fsp3) is 0.538. The van der Waals surface area contributed by atoms with Gasteiger partial charge in [0, 0.05) is 0 Å². The van der Waals surface area contributed by atoms with E-state index in [0.29, 0.717) is 0 Å². The average molecular weight is 180 g/mol. The molecule has 0 saturated carbocycles. The summed E-state index contributed by atoms with van der Waals surface area (Å²) >= 11 is 0. The van der Waals surface area contributed by atoms with Crippen molar-refractivity contribution in [3.8, 4) is 0 Å². The molecule has 0 aromatic heterocycles. The van der Waals surface area contributed by atoms with E-state index in [-0.39, 0.29) is 0 Å². The summed E-state index contributed by atoms with van der Waals surface area (Å²) in [7, 11) is 0. The maximum absolute atomic E-state index is 3.71. The largest absolute Gasteiger partial charge is 0.0882 e. The summed E-state index contributed by atoms with van der Waals surface area (Å²) < 4.78 is 0. The van der Waals surface area contributed by atoms with Gasteiger partial charge in [0.05, 0.1) is 0 Å². The van der Waals surface area contributed by atoms with Crippen molar-refractivity contribution in [3.05, 3.63) is 37.6 Å². The van der Waals surface area contributed by atoms with Crippen molar-refractivity contribution in [2.24, 2.45) is 0 Å². The number of rotatable bonds is 5. The van der Waals surface area contributed by atoms with Crippen molar-refractivity contribution < 1.29 is 0 Å². The van der Waals surface area contributed by atoms with Crippen molar-refractivity contribution in [2.75, 3.05) is 0 Å². The van der Waals surface area contributed by atoms with Crippen LogP contribution in [0.3, 0.4) is 0 Å². The molecule has 0 aromatic rings. The highest BCUT2D eigenvalue weighted by atomic mass is 13.8. The Labute approximate surface area is 84.7 Å². The van der Waals surface area contributed by atoms with E-state index in [1.807, 2.05) is 20.3 Å². The van der Waals surface area contributed by atoms with Gasteiger partial charge in [-0.05, 0) is 32.6 Å². The van der Waals surface area contributed by atoms with Gasteiger partial charge in [0.15, 0.2) is 0 Å². The van der Waals surface area contributed by atoms with Crippen LogP contribution in [0.2, 0.25) is 0 Å². The lowest BCUT2D eigenvalue weighted by Crippen LogP contribution is -1.62. The fourth-order valence-corrected chi connectivity index (χ4v) is 0.673. The van der Waals surface area contributed by atoms with Gasteiger partial charge in [-0.3, -0.25) is 0 Å². The minimum atomic E-state index is 0.904. The zero-order chi connectivity index (χ0) is 10.4. The molecule has 0 bridgehead atoms. The molecule has 0 aliphatic rings. The van der Waals surface area contributed by atoms with E-state index in [9.17, 15) is 0 Å². The lowest BCUT2D eigenvalue weighted by atomic mass is 10.2. The van der Waals surface area contributed by atoms with Crippen LogP contribution >= 0.6 is 0 Å². The Morgan fingerprint density at radius 3 is 2.00 bits per heavy atom. The van der Waals surface area contributed by atoms with E-state index in [1.54, 1.807) is 0 Å². The molecule has 0 heterocycles. The highest BCUT2D eigenvalue weighted by Crippen LogP contribution is 1.92. The first-order valence-electron chi connectivity index (χ1n) is 5.16. The van der Waals surface area contributed by atoms with Crippen LogP contribution in [-0.4, -0.2) is 0 Å². The van der Waals surface area contributed by atoms with Crippen LogP contribution in [0.15, 0.2) is 24.3 Å². The van der Waals surface area contributed by atoms with Gasteiger partial charge in [-0.1, -0.05) is 51.5 Å². The number of hydrogen-bond acceptors (Lipinski definition) is 0. The van der Waals surface area contributed by atoms with Crippen LogP contribution < -0.4 is 0 Å². The zero-order valence-electron chi connectivity index (χ0n) is 9.42. The normalized spacial score (nSPS) is 10.5. The molecule has 0 unspecified atom stereocenters. The quantitative estimate of drug-likeness (QED) is 0.536. The van der Waals surface area contributed by atoms with Crippen LogP contribution in [-0.2, 0) is 0 Å². The van der Waals surface area contributed by atoms with E-state index >= 15 is 0 Å². The van der Waals surface area contributed by atoms with Crippen molar-refractivity contribution >= 4 is 0 Å². The minimum absolute atomic E-state index is 0.904. The second-order valence-corrected chi connectivity index (χ2v) is 2.83. The van der Waals surface area contributed by atoms with Crippen LogP contribution in [0.5, 0.6) is 0 Å². The monoisotopic (exact) mass is 180 g/mol. The third-order valence-corrected chi connectivity index (χ3v) is 1.23. The molecule has 0 rings (SSSR count). The Kier molecular flexibility index (Phi) is 20.2. The SMILES string of the molecule is C[CH]C.[CH2]CC=CCC=CCCC. The molecule has 0 nitrogen and oxygen atoms in total. The van der Waals surface area contributed by atoms with Gasteiger partial charge in [-0.15, -0.1) is 0 Å². The standard InChI is InChI=1S/C10H17.C3H7/c1-3-5-7-9-10-8-6-4-2;1-3-2/h5,7-8,10H,1,3-4,6,9H2,2H3;3H,1-2H3. The Hall–Kier alpha value is -0.520. The molecule has 0 atom stereocenters. The third kappa shape index (κ3) is 24.6. The summed E-state index contributed by atoms with van der Waals surface area (Å²) in [5.41, 5.74) is 0. The van der Waals surface area contributed by atoms with Crippen molar-refractivity contribution in [1.29, 1.82) is 0 Å². The maximum Gasteiger partial charge on any atom is -0.0169 e. The van der Waals surface area contributed by atoms with E-state index in [1.165, 1.54) is 12.8 Å². The van der Waals surface area contributed by atoms with Gasteiger partial charge in [-0.2, -0.15) is 0 Å². The average Bonchev–Trinajstić information content (AvgIpc) is 2.13. The van der Waals surface area contributed by atoms with E-state index in [4.69, 9.17) is 0 Å². The molecule has 0 heteroatoms. The van der Waals surface area contributed by atoms with Gasteiger partial charge >= 0.3 is 0 Å². The highest BCUT2D eigenvalue weighted by Gasteiger charge is 1.71. The Morgan fingerprint density at radius 2 is 1.54 bits per heavy atom. The lowest BCUT2D eigenvalue weighted by Gasteiger charge is -1.83. The van der Waals surface area contributed by atoms with Gasteiger partial charge < -0.3 is 0 Å². The highest BCUT2D eigenvalue weighted by molar-refractivity contribution is 4.92. The fourth-order valence-electron chi connectivity index (χ4n) is 0.673. The zero-order valence-corrected chi connectivity index (χ0v) is 9.42. The molecule has 0 aliphatic heterocycles. The second-order valence-electron chi connectivity index (χ2n) is 2.83. The van der Waals surface area contributed by atoms with Gasteiger partial charge in [0.25, 0.3) is 0 Å². The summed E-state index contributed by atoms with van der Waals surface area (Å²) in [6, 6.07) is 0. The van der Waals surface area contributed by atoms with E-state index in [2.05, 4.69) is 38.2 Å². The lowest BCUT2D eigenvalue weighted by molar-refractivity contribution is 0.954. The third-order valence-electron chi connectivity index (χ3n) is 1.23. The Morgan fingerprint density at radius 1 is 1.00 bits per heavy atom. The Bertz CT molecular complexity index is 109. The predicted molar refractivity (Wildman–Crippen MR) is 63.4 cm³/mol. The first-order valence-corrected chi connectivity index (χ1v) is 5.16. The van der Waals surface area contributed by atoms with E-state index in [0.717, 1.165) is 12.8 Å². The summed E-state index contributed by atoms with van der Waals surface area (Å²) in [5.74, 6) is 0. The second kappa shape index (κ2) is 17.5. The molecule has 0 amide bonds. The molecule has 0 aromatic carbocycles. The summed E-state index contributed by atoms with van der Waals surface area (Å²) in [4.78, 5) is 0. The first kappa shape index (κ1) is 15.0. The Balaban J connectivity index is 0. The molecule has 0 saturated heterocycles. The van der Waals surface area contributed by atoms with Crippen LogP contribution in [0.4, 0.5) is 0 Å². The van der Waals surface area contributed by atoms with Crippen LogP contribution in [0.25, 0.3) is 0 Å². The van der Waals surface area contributed by atoms with Crippen molar-refractivity contribution in [3.63, 3.8) is 0 Å². The predicted octanol–water partition coefficient (Wildman–Crippen LogP) is 4.74. The smallest absolute Gasteiger partial charge is 0.0169 e. The summed E-state index contributed by atoms with van der Waals surface area (Å²) in [6.07, 6.45) is 15.1. The molecule has 0 fully saturated rings.